The van der Waals surface area contributed by atoms with Crippen molar-refractivity contribution in [1.82, 2.24) is 19.4 Å². The van der Waals surface area contributed by atoms with E-state index in [1.807, 2.05) is 28.8 Å². The minimum absolute atomic E-state index is 0.0212. The molecule has 0 saturated heterocycles. The Morgan fingerprint density at radius 3 is 2.71 bits per heavy atom. The van der Waals surface area contributed by atoms with Crippen molar-refractivity contribution < 1.29 is 22.7 Å². The molecule has 0 saturated carbocycles. The Hall–Kier alpha value is -3.78. The van der Waals surface area contributed by atoms with Crippen LogP contribution in [0.4, 0.5) is 8.78 Å². The van der Waals surface area contributed by atoms with Crippen molar-refractivity contribution in [3.8, 4) is 16.9 Å². The topological polar surface area (TPSA) is 63.4 Å². The maximum atomic E-state index is 13.3. The molecule has 0 radical (unpaired) electrons. The molecule has 2 aromatic heterocycles. The van der Waals surface area contributed by atoms with E-state index in [1.54, 1.807) is 38.2 Å². The summed E-state index contributed by atoms with van der Waals surface area (Å²) in [5.74, 6) is 0.500. The number of benzene rings is 2. The number of hydrogen-bond donors (Lipinski definition) is 1. The lowest BCUT2D eigenvalue weighted by molar-refractivity contribution is -0.0505. The molecule has 8 heteroatoms. The number of imidazole rings is 1. The minimum Gasteiger partial charge on any atom is -0.434 e. The van der Waals surface area contributed by atoms with Gasteiger partial charge in [0.1, 0.15) is 17.2 Å². The van der Waals surface area contributed by atoms with Crippen molar-refractivity contribution >= 4 is 22.9 Å². The van der Waals surface area contributed by atoms with E-state index in [4.69, 9.17) is 13.8 Å². The number of aliphatic hydroxyl groups is 1. The van der Waals surface area contributed by atoms with E-state index < -0.39 is 25.2 Å². The molecule has 1 atom stereocenters. The van der Waals surface area contributed by atoms with E-state index in [1.165, 1.54) is 17.2 Å². The predicted molar refractivity (Wildman–Crippen MR) is 129 cm³/mol. The highest BCUT2D eigenvalue weighted by atomic mass is 19.3. The molecular formula is C27H24F2N4O2. The van der Waals surface area contributed by atoms with E-state index in [0.29, 0.717) is 38.7 Å². The Labute approximate surface area is 204 Å². The van der Waals surface area contributed by atoms with Crippen molar-refractivity contribution in [2.45, 2.75) is 38.5 Å². The largest absolute Gasteiger partial charge is 0.434 e. The van der Waals surface area contributed by atoms with Crippen LogP contribution in [0.1, 0.15) is 41.9 Å². The Bertz CT molecular complexity index is 1690. The van der Waals surface area contributed by atoms with Gasteiger partial charge in [0, 0.05) is 51.6 Å². The Morgan fingerprint density at radius 2 is 2.00 bits per heavy atom. The lowest BCUT2D eigenvalue weighted by Crippen LogP contribution is -2.32. The predicted octanol–water partition coefficient (Wildman–Crippen LogP) is 3.71. The molecule has 2 aromatic carbocycles. The normalized spacial score (nSPS) is 18.5. The summed E-state index contributed by atoms with van der Waals surface area (Å²) in [7, 11) is 0. The van der Waals surface area contributed by atoms with Gasteiger partial charge in [0.25, 0.3) is 0 Å². The van der Waals surface area contributed by atoms with Gasteiger partial charge in [0.15, 0.2) is 0 Å². The number of hydrogen-bond acceptors (Lipinski definition) is 5. The Morgan fingerprint density at radius 1 is 1.17 bits per heavy atom. The van der Waals surface area contributed by atoms with Crippen LogP contribution < -0.4 is 15.2 Å². The van der Waals surface area contributed by atoms with Gasteiger partial charge in [-0.15, -0.1) is 0 Å². The van der Waals surface area contributed by atoms with Gasteiger partial charge >= 0.3 is 6.61 Å². The molecule has 6 rings (SSSR count). The molecule has 2 bridgehead atoms. The van der Waals surface area contributed by atoms with E-state index >= 15 is 0 Å². The number of halogens is 2. The summed E-state index contributed by atoms with van der Waals surface area (Å²) < 4.78 is 58.0. The zero-order chi connectivity index (χ0) is 27.0. The molecule has 178 valence electrons. The first kappa shape index (κ1) is 18.5. The highest BCUT2D eigenvalue weighted by Gasteiger charge is 2.35. The summed E-state index contributed by atoms with van der Waals surface area (Å²) in [6.07, 6.45) is 3.43. The van der Waals surface area contributed by atoms with Crippen LogP contribution in [-0.4, -0.2) is 38.1 Å². The summed E-state index contributed by atoms with van der Waals surface area (Å²) in [6, 6.07) is 13.4. The van der Waals surface area contributed by atoms with Crippen LogP contribution in [0.2, 0.25) is 0 Å². The highest BCUT2D eigenvalue weighted by molar-refractivity contribution is 5.86. The molecule has 0 spiro atoms. The third-order valence-corrected chi connectivity index (χ3v) is 6.54. The number of rotatable bonds is 4. The average Bonchev–Trinajstić information content (AvgIpc) is 3.31. The van der Waals surface area contributed by atoms with Gasteiger partial charge in [0.2, 0.25) is 0 Å². The van der Waals surface area contributed by atoms with E-state index in [0.717, 1.165) is 11.1 Å². The zero-order valence-electron chi connectivity index (χ0n) is 22.0. The van der Waals surface area contributed by atoms with Crippen molar-refractivity contribution in [2.75, 3.05) is 6.98 Å². The summed E-state index contributed by atoms with van der Waals surface area (Å²) in [5, 5.41) is 11.1. The lowest BCUT2D eigenvalue weighted by Gasteiger charge is -2.20. The third-order valence-electron chi connectivity index (χ3n) is 6.54. The summed E-state index contributed by atoms with van der Waals surface area (Å²) in [6.45, 7) is -2.19. The van der Waals surface area contributed by atoms with Gasteiger partial charge < -0.3 is 14.7 Å². The van der Waals surface area contributed by atoms with Crippen molar-refractivity contribution in [2.24, 2.45) is 0 Å². The van der Waals surface area contributed by atoms with E-state index in [9.17, 15) is 13.9 Å². The summed E-state index contributed by atoms with van der Waals surface area (Å²) in [4.78, 5) is 10.5. The van der Waals surface area contributed by atoms with Crippen molar-refractivity contribution in [3.63, 3.8) is 0 Å². The molecule has 0 amide bonds. The van der Waals surface area contributed by atoms with Crippen LogP contribution in [0.3, 0.4) is 0 Å². The fourth-order valence-electron chi connectivity index (χ4n) is 4.91. The van der Waals surface area contributed by atoms with Crippen LogP contribution >= 0.6 is 0 Å². The number of ether oxygens (including phenoxy) is 1. The molecule has 4 heterocycles. The molecule has 0 aliphatic carbocycles. The number of nitrogens with zero attached hydrogens (tertiary/aromatic N) is 4. The van der Waals surface area contributed by atoms with Crippen LogP contribution in [0.25, 0.3) is 34.1 Å². The van der Waals surface area contributed by atoms with Gasteiger partial charge in [-0.25, -0.2) is 4.98 Å². The fraction of sp³-hybridized carbons (Fsp3) is 0.259. The van der Waals surface area contributed by atoms with Gasteiger partial charge in [-0.1, -0.05) is 24.3 Å². The molecule has 2 aliphatic heterocycles. The van der Waals surface area contributed by atoms with Crippen LogP contribution in [0.5, 0.6) is 5.75 Å². The van der Waals surface area contributed by atoms with E-state index in [2.05, 4.69) is 4.98 Å². The molecule has 1 N–H and O–H groups in total. The molecular weight excluding hydrogens is 450 g/mol. The minimum atomic E-state index is -3.04. The number of alkyl halides is 2. The SMILES string of the molecule is [2H]C([2H])([2H])N1C=c2cccc(OC(F)F)c2=C2C[C@@H]1c1nc3ccc(-c4ccc(C(C)(C)O)nc4)cc3n12. The van der Waals surface area contributed by atoms with Crippen LogP contribution in [-0.2, 0) is 5.60 Å². The molecule has 6 nitrogen and oxygen atoms in total. The maximum Gasteiger partial charge on any atom is 0.387 e. The van der Waals surface area contributed by atoms with Crippen LogP contribution in [0, 0.1) is 0 Å². The third kappa shape index (κ3) is 3.47. The fourth-order valence-corrected chi connectivity index (χ4v) is 4.91. The first-order valence-corrected chi connectivity index (χ1v) is 11.2. The maximum absolute atomic E-state index is 13.3. The monoisotopic (exact) mass is 477 g/mol. The molecule has 0 fully saturated rings. The summed E-state index contributed by atoms with van der Waals surface area (Å²) in [5.41, 5.74) is 3.13. The lowest BCUT2D eigenvalue weighted by atomic mass is 10.0. The first-order chi connectivity index (χ1) is 17.9. The second-order valence-electron chi connectivity index (χ2n) is 9.30. The molecule has 35 heavy (non-hydrogen) atoms. The van der Waals surface area contributed by atoms with Gasteiger partial charge in [-0.3, -0.25) is 9.55 Å². The summed E-state index contributed by atoms with van der Waals surface area (Å²) >= 11 is 0. The number of aromatic nitrogens is 3. The van der Waals surface area contributed by atoms with Crippen molar-refractivity contribution in [3.05, 3.63) is 76.7 Å². The quantitative estimate of drug-likeness (QED) is 0.486. The number of fused-ring (bicyclic) bond motifs is 8. The Kier molecular flexibility index (Phi) is 4.03. The van der Waals surface area contributed by atoms with Gasteiger partial charge in [0.05, 0.1) is 22.8 Å². The number of pyridine rings is 1. The average molecular weight is 478 g/mol. The van der Waals surface area contributed by atoms with Gasteiger partial charge in [-0.2, -0.15) is 8.78 Å². The zero-order valence-corrected chi connectivity index (χ0v) is 19.0. The highest BCUT2D eigenvalue weighted by Crippen LogP contribution is 2.40. The Balaban J connectivity index is 1.61. The first-order valence-electron chi connectivity index (χ1n) is 12.7. The second-order valence-corrected chi connectivity index (χ2v) is 9.30. The molecule has 4 aromatic rings. The standard InChI is InChI=1S/C27H24F2N4O2/c1-27(2,34)23-10-8-16(13-30-23)15-7-9-18-19(11-15)33-20-12-21(25(33)31-18)32(3)14-17-5-4-6-22(24(17)20)35-26(28)29/h4-11,13-14,21,26,34H,12H2,1-3H3/t21-/m1/s1/i3D3. The van der Waals surface area contributed by atoms with E-state index in [-0.39, 0.29) is 12.2 Å². The molecule has 2 aliphatic rings. The second kappa shape index (κ2) is 7.61. The van der Waals surface area contributed by atoms with Crippen molar-refractivity contribution in [1.29, 1.82) is 0 Å². The van der Waals surface area contributed by atoms with Crippen LogP contribution in [0.15, 0.2) is 54.7 Å². The van der Waals surface area contributed by atoms with Gasteiger partial charge in [-0.05, 0) is 43.7 Å². The molecule has 0 unspecified atom stereocenters. The smallest absolute Gasteiger partial charge is 0.387 e.